The van der Waals surface area contributed by atoms with Gasteiger partial charge in [0.15, 0.2) is 11.5 Å². The Morgan fingerprint density at radius 2 is 1.55 bits per heavy atom. The molecule has 0 aliphatic heterocycles. The molecule has 108 valence electrons. The maximum absolute atomic E-state index is 9.94. The van der Waals surface area contributed by atoms with E-state index in [-0.39, 0.29) is 19.0 Å². The minimum Gasteiger partial charge on any atom is -0.504 e. The summed E-state index contributed by atoms with van der Waals surface area (Å²) in [5, 5.41) is 20.4. The smallest absolute Gasteiger partial charge is 0.161 e. The second-order valence-corrected chi connectivity index (χ2v) is 5.83. The third-order valence-corrected chi connectivity index (χ3v) is 4.52. The van der Waals surface area contributed by atoms with E-state index in [4.69, 9.17) is 14.6 Å². The number of ether oxygens (including phenoxy) is 2. The molecule has 0 bridgehead atoms. The summed E-state index contributed by atoms with van der Waals surface area (Å²) in [7, 11) is 0. The molecule has 20 heavy (non-hydrogen) atoms. The zero-order chi connectivity index (χ0) is 14.5. The first kappa shape index (κ1) is 15.6. The van der Waals surface area contributed by atoms with Gasteiger partial charge in [-0.2, -0.15) is 0 Å². The standard InChI is InChI=1S/C14H14Br2O4/c15-11-5-9-7-13(18)14(8-10(9)6-12(11)16)20-4-3-19-2-1-17/h5-8,17-18H,1-4H2. The van der Waals surface area contributed by atoms with Gasteiger partial charge < -0.3 is 19.7 Å². The van der Waals surface area contributed by atoms with Crippen LogP contribution in [-0.4, -0.2) is 36.6 Å². The van der Waals surface area contributed by atoms with Crippen molar-refractivity contribution in [3.63, 3.8) is 0 Å². The SMILES string of the molecule is OCCOCCOc1cc2cc(Br)c(Br)cc2cc1O. The third-order valence-electron chi connectivity index (χ3n) is 2.68. The fraction of sp³-hybridized carbons (Fsp3) is 0.286. The van der Waals surface area contributed by atoms with Gasteiger partial charge in [0, 0.05) is 8.95 Å². The van der Waals surface area contributed by atoms with E-state index in [1.165, 1.54) is 0 Å². The van der Waals surface area contributed by atoms with E-state index < -0.39 is 0 Å². The van der Waals surface area contributed by atoms with Crippen molar-refractivity contribution in [2.75, 3.05) is 26.4 Å². The summed E-state index contributed by atoms with van der Waals surface area (Å²) in [6.45, 7) is 0.955. The highest BCUT2D eigenvalue weighted by Crippen LogP contribution is 2.35. The van der Waals surface area contributed by atoms with Crippen molar-refractivity contribution in [1.82, 2.24) is 0 Å². The van der Waals surface area contributed by atoms with Gasteiger partial charge in [-0.3, -0.25) is 0 Å². The molecule has 2 aromatic rings. The lowest BCUT2D eigenvalue weighted by Gasteiger charge is -2.10. The first-order valence-corrected chi connectivity index (χ1v) is 7.63. The van der Waals surface area contributed by atoms with E-state index in [1.807, 2.05) is 12.1 Å². The topological polar surface area (TPSA) is 58.9 Å². The second kappa shape index (κ2) is 7.26. The van der Waals surface area contributed by atoms with Crippen molar-refractivity contribution in [3.05, 3.63) is 33.2 Å². The van der Waals surface area contributed by atoms with Gasteiger partial charge in [0.1, 0.15) is 6.61 Å². The summed E-state index contributed by atoms with van der Waals surface area (Å²) in [6, 6.07) is 7.33. The molecule has 6 heteroatoms. The molecule has 0 radical (unpaired) electrons. The summed E-state index contributed by atoms with van der Waals surface area (Å²) in [6.07, 6.45) is 0. The van der Waals surface area contributed by atoms with Gasteiger partial charge in [0.2, 0.25) is 0 Å². The van der Waals surface area contributed by atoms with Crippen LogP contribution >= 0.6 is 31.9 Å². The average molecular weight is 406 g/mol. The van der Waals surface area contributed by atoms with Crippen LogP contribution in [0.4, 0.5) is 0 Å². The van der Waals surface area contributed by atoms with Crippen molar-refractivity contribution in [1.29, 1.82) is 0 Å². The monoisotopic (exact) mass is 404 g/mol. The minimum atomic E-state index is -0.00979. The van der Waals surface area contributed by atoms with E-state index in [0.717, 1.165) is 19.7 Å². The lowest BCUT2D eigenvalue weighted by Crippen LogP contribution is -2.09. The van der Waals surface area contributed by atoms with Gasteiger partial charge in [-0.25, -0.2) is 0 Å². The Bertz CT molecular complexity index is 601. The zero-order valence-electron chi connectivity index (χ0n) is 10.6. The third kappa shape index (κ3) is 3.85. The van der Waals surface area contributed by atoms with Gasteiger partial charge in [-0.05, 0) is 66.9 Å². The van der Waals surface area contributed by atoms with Gasteiger partial charge in [-0.1, -0.05) is 0 Å². The Morgan fingerprint density at radius 1 is 0.900 bits per heavy atom. The van der Waals surface area contributed by atoms with Crippen LogP contribution in [0.1, 0.15) is 0 Å². The van der Waals surface area contributed by atoms with Crippen LogP contribution in [0.2, 0.25) is 0 Å². The number of rotatable bonds is 6. The van der Waals surface area contributed by atoms with Crippen molar-refractivity contribution in [2.24, 2.45) is 0 Å². The van der Waals surface area contributed by atoms with Gasteiger partial charge in [0.05, 0.1) is 19.8 Å². The predicted molar refractivity (Wildman–Crippen MR) is 84.4 cm³/mol. The van der Waals surface area contributed by atoms with Crippen LogP contribution in [0.5, 0.6) is 11.5 Å². The molecule has 0 spiro atoms. The van der Waals surface area contributed by atoms with Crippen LogP contribution in [0, 0.1) is 0 Å². The Hall–Kier alpha value is -0.820. The molecule has 0 aromatic heterocycles. The second-order valence-electron chi connectivity index (χ2n) is 4.12. The Balaban J connectivity index is 2.13. The fourth-order valence-corrected chi connectivity index (χ4v) is 2.48. The summed E-state index contributed by atoms with van der Waals surface area (Å²) >= 11 is 6.88. The molecule has 2 aromatic carbocycles. The molecule has 0 saturated heterocycles. The van der Waals surface area contributed by atoms with Gasteiger partial charge in [-0.15, -0.1) is 0 Å². The zero-order valence-corrected chi connectivity index (χ0v) is 13.8. The van der Waals surface area contributed by atoms with Crippen molar-refractivity contribution in [3.8, 4) is 11.5 Å². The number of aromatic hydroxyl groups is 1. The molecular formula is C14H14Br2O4. The van der Waals surface area contributed by atoms with Crippen LogP contribution in [0.3, 0.4) is 0 Å². The van der Waals surface area contributed by atoms with Gasteiger partial charge >= 0.3 is 0 Å². The molecule has 0 aliphatic carbocycles. The number of benzene rings is 2. The number of fused-ring (bicyclic) bond motifs is 1. The van der Waals surface area contributed by atoms with E-state index in [1.54, 1.807) is 12.1 Å². The molecule has 0 heterocycles. The molecule has 0 fully saturated rings. The maximum Gasteiger partial charge on any atom is 0.161 e. The van der Waals surface area contributed by atoms with Crippen LogP contribution in [-0.2, 0) is 4.74 Å². The quantitative estimate of drug-likeness (QED) is 0.722. The average Bonchev–Trinajstić information content (AvgIpc) is 2.41. The molecule has 0 saturated carbocycles. The normalized spacial score (nSPS) is 10.9. The summed E-state index contributed by atoms with van der Waals surface area (Å²) in [5.74, 6) is 0.508. The van der Waals surface area contributed by atoms with E-state index in [9.17, 15) is 5.11 Å². The van der Waals surface area contributed by atoms with Gasteiger partial charge in [0.25, 0.3) is 0 Å². The van der Waals surface area contributed by atoms with E-state index >= 15 is 0 Å². The number of hydrogen-bond acceptors (Lipinski definition) is 4. The number of aliphatic hydroxyl groups is 1. The Kier molecular flexibility index (Phi) is 5.65. The Morgan fingerprint density at radius 3 is 2.20 bits per heavy atom. The lowest BCUT2D eigenvalue weighted by molar-refractivity contribution is 0.0699. The molecule has 0 amide bonds. The maximum atomic E-state index is 9.94. The molecule has 0 aliphatic rings. The van der Waals surface area contributed by atoms with Crippen molar-refractivity contribution < 1.29 is 19.7 Å². The van der Waals surface area contributed by atoms with Crippen LogP contribution < -0.4 is 4.74 Å². The highest BCUT2D eigenvalue weighted by Gasteiger charge is 2.07. The minimum absolute atomic E-state index is 0.00979. The van der Waals surface area contributed by atoms with E-state index in [2.05, 4.69) is 31.9 Å². The largest absolute Gasteiger partial charge is 0.504 e. The molecule has 4 nitrogen and oxygen atoms in total. The molecule has 0 atom stereocenters. The number of halogens is 2. The van der Waals surface area contributed by atoms with Crippen LogP contribution in [0.25, 0.3) is 10.8 Å². The molecule has 2 rings (SSSR count). The number of phenolic OH excluding ortho intramolecular Hbond substituents is 1. The molecular weight excluding hydrogens is 392 g/mol. The highest BCUT2D eigenvalue weighted by atomic mass is 79.9. The number of hydrogen-bond donors (Lipinski definition) is 2. The van der Waals surface area contributed by atoms with E-state index in [0.29, 0.717) is 19.0 Å². The van der Waals surface area contributed by atoms with Crippen molar-refractivity contribution >= 4 is 42.6 Å². The highest BCUT2D eigenvalue weighted by molar-refractivity contribution is 9.13. The number of aliphatic hydroxyl groups excluding tert-OH is 1. The molecule has 2 N–H and O–H groups in total. The first-order valence-electron chi connectivity index (χ1n) is 6.05. The lowest BCUT2D eigenvalue weighted by atomic mass is 10.1. The summed E-state index contributed by atoms with van der Waals surface area (Å²) < 4.78 is 12.4. The van der Waals surface area contributed by atoms with Crippen molar-refractivity contribution in [2.45, 2.75) is 0 Å². The van der Waals surface area contributed by atoms with Crippen LogP contribution in [0.15, 0.2) is 33.2 Å². The fourth-order valence-electron chi connectivity index (χ4n) is 1.75. The Labute approximate surface area is 133 Å². The summed E-state index contributed by atoms with van der Waals surface area (Å²) in [4.78, 5) is 0. The number of phenols is 1. The first-order chi connectivity index (χ1) is 9.61. The molecule has 0 unspecified atom stereocenters. The predicted octanol–water partition coefficient (Wildman–Crippen LogP) is 3.46. The summed E-state index contributed by atoms with van der Waals surface area (Å²) in [5.41, 5.74) is 0.